The second-order valence-corrected chi connectivity index (χ2v) is 8.26. The van der Waals surface area contributed by atoms with E-state index < -0.39 is 10.0 Å². The van der Waals surface area contributed by atoms with E-state index in [9.17, 15) is 13.2 Å². The van der Waals surface area contributed by atoms with Crippen LogP contribution in [0.5, 0.6) is 0 Å². The minimum atomic E-state index is -3.88. The lowest BCUT2D eigenvalue weighted by Gasteiger charge is -2.11. The maximum Gasteiger partial charge on any atom is 0.309 e. The second kappa shape index (κ2) is 6.85. The fraction of sp³-hybridized carbons (Fsp3) is 0.150. The quantitative estimate of drug-likeness (QED) is 0.554. The number of anilines is 1. The third kappa shape index (κ3) is 3.40. The topological polar surface area (TPSA) is 107 Å². The highest BCUT2D eigenvalue weighted by Gasteiger charge is 2.18. The number of para-hydroxylation sites is 1. The summed E-state index contributed by atoms with van der Waals surface area (Å²) in [5, 5.41) is 0.492. The van der Waals surface area contributed by atoms with Crippen LogP contribution < -0.4 is 10.3 Å². The van der Waals surface area contributed by atoms with Gasteiger partial charge in [-0.3, -0.25) is 9.36 Å². The van der Waals surface area contributed by atoms with Crippen LogP contribution in [0.25, 0.3) is 16.6 Å². The normalized spacial score (nSPS) is 11.7. The molecule has 4 aromatic rings. The van der Waals surface area contributed by atoms with Crippen LogP contribution in [0, 0.1) is 20.8 Å². The van der Waals surface area contributed by atoms with E-state index in [0.717, 1.165) is 0 Å². The summed E-state index contributed by atoms with van der Waals surface area (Å²) in [4.78, 5) is 21.4. The molecule has 0 atom stereocenters. The molecular formula is C20H18N4O4S. The first-order valence-electron chi connectivity index (χ1n) is 8.82. The van der Waals surface area contributed by atoms with Crippen molar-refractivity contribution in [3.63, 3.8) is 0 Å². The Morgan fingerprint density at radius 1 is 0.966 bits per heavy atom. The number of rotatable bonds is 4. The van der Waals surface area contributed by atoms with Crippen molar-refractivity contribution in [2.45, 2.75) is 25.7 Å². The molecule has 0 bridgehead atoms. The van der Waals surface area contributed by atoms with Gasteiger partial charge in [-0.1, -0.05) is 12.1 Å². The minimum Gasteiger partial charge on any atom is -0.428 e. The average Bonchev–Trinajstić information content (AvgIpc) is 2.98. The number of nitrogens with one attached hydrogen (secondary N) is 1. The van der Waals surface area contributed by atoms with Gasteiger partial charge in [0.2, 0.25) is 0 Å². The van der Waals surface area contributed by atoms with Crippen molar-refractivity contribution in [3.8, 4) is 5.69 Å². The number of oxazole rings is 1. The van der Waals surface area contributed by atoms with Crippen LogP contribution in [0.2, 0.25) is 0 Å². The van der Waals surface area contributed by atoms with Crippen LogP contribution in [0.1, 0.15) is 17.3 Å². The fourth-order valence-electron chi connectivity index (χ4n) is 3.01. The van der Waals surface area contributed by atoms with Gasteiger partial charge >= 0.3 is 6.01 Å². The number of benzene rings is 2. The van der Waals surface area contributed by atoms with E-state index in [2.05, 4.69) is 14.7 Å². The first-order valence-corrected chi connectivity index (χ1v) is 10.3. The van der Waals surface area contributed by atoms with Gasteiger partial charge in [-0.2, -0.15) is 4.98 Å². The van der Waals surface area contributed by atoms with Crippen molar-refractivity contribution in [1.82, 2.24) is 14.5 Å². The van der Waals surface area contributed by atoms with Crippen molar-refractivity contribution in [2.24, 2.45) is 0 Å². The minimum absolute atomic E-state index is 0.0224. The molecule has 148 valence electrons. The second-order valence-electron chi connectivity index (χ2n) is 6.58. The van der Waals surface area contributed by atoms with Crippen LogP contribution in [-0.4, -0.2) is 23.0 Å². The fourth-order valence-corrected chi connectivity index (χ4v) is 3.94. The molecule has 2 aromatic heterocycles. The van der Waals surface area contributed by atoms with Gasteiger partial charge in [0.05, 0.1) is 27.2 Å². The maximum atomic E-state index is 12.9. The Bertz CT molecular complexity index is 1370. The Morgan fingerprint density at radius 2 is 1.66 bits per heavy atom. The third-order valence-electron chi connectivity index (χ3n) is 4.60. The van der Waals surface area contributed by atoms with Gasteiger partial charge in [0.25, 0.3) is 15.6 Å². The molecule has 29 heavy (non-hydrogen) atoms. The monoisotopic (exact) mass is 410 g/mol. The van der Waals surface area contributed by atoms with E-state index in [0.29, 0.717) is 33.9 Å². The van der Waals surface area contributed by atoms with E-state index in [4.69, 9.17) is 4.42 Å². The standard InChI is InChI=1S/C20H18N4O4S/c1-12-13(2)28-20(21-12)23-29(26,27)16-10-8-15(9-11-16)24-14(3)22-18-7-5-4-6-17(18)19(24)25/h4-11H,1-3H3,(H,21,23). The first-order chi connectivity index (χ1) is 13.8. The lowest BCUT2D eigenvalue weighted by Crippen LogP contribution is -2.22. The number of fused-ring (bicyclic) bond motifs is 1. The summed E-state index contributed by atoms with van der Waals surface area (Å²) in [6, 6.07) is 13.0. The summed E-state index contributed by atoms with van der Waals surface area (Å²) in [6.07, 6.45) is 0. The van der Waals surface area contributed by atoms with Crippen molar-refractivity contribution in [3.05, 3.63) is 76.2 Å². The zero-order valence-electron chi connectivity index (χ0n) is 16.0. The van der Waals surface area contributed by atoms with Crippen molar-refractivity contribution in [2.75, 3.05) is 4.72 Å². The lowest BCUT2D eigenvalue weighted by molar-refractivity contribution is 0.541. The van der Waals surface area contributed by atoms with Gasteiger partial charge in [0.15, 0.2) is 0 Å². The number of hydrogen-bond donors (Lipinski definition) is 1. The predicted molar refractivity (Wildman–Crippen MR) is 109 cm³/mol. The Morgan fingerprint density at radius 3 is 2.31 bits per heavy atom. The molecule has 0 saturated carbocycles. The number of nitrogens with zero attached hydrogens (tertiary/aromatic N) is 3. The highest BCUT2D eigenvalue weighted by molar-refractivity contribution is 7.92. The number of aryl methyl sites for hydroxylation is 3. The molecule has 4 rings (SSSR count). The molecule has 0 radical (unpaired) electrons. The van der Waals surface area contributed by atoms with Gasteiger partial charge in [-0.25, -0.2) is 18.1 Å². The van der Waals surface area contributed by atoms with E-state index in [1.54, 1.807) is 51.1 Å². The molecule has 0 aliphatic rings. The average molecular weight is 410 g/mol. The Hall–Kier alpha value is -3.46. The third-order valence-corrected chi connectivity index (χ3v) is 5.93. The van der Waals surface area contributed by atoms with E-state index in [-0.39, 0.29) is 16.5 Å². The first kappa shape index (κ1) is 18.9. The maximum absolute atomic E-state index is 12.9. The van der Waals surface area contributed by atoms with E-state index >= 15 is 0 Å². The highest BCUT2D eigenvalue weighted by Crippen LogP contribution is 2.20. The van der Waals surface area contributed by atoms with E-state index in [1.807, 2.05) is 6.07 Å². The molecule has 0 aliphatic carbocycles. The van der Waals surface area contributed by atoms with E-state index in [1.165, 1.54) is 16.7 Å². The van der Waals surface area contributed by atoms with Gasteiger partial charge in [0.1, 0.15) is 11.6 Å². The van der Waals surface area contributed by atoms with Gasteiger partial charge < -0.3 is 4.42 Å². The number of sulfonamides is 1. The van der Waals surface area contributed by atoms with Crippen LogP contribution >= 0.6 is 0 Å². The van der Waals surface area contributed by atoms with Crippen molar-refractivity contribution in [1.29, 1.82) is 0 Å². The van der Waals surface area contributed by atoms with Crippen LogP contribution in [0.4, 0.5) is 6.01 Å². The smallest absolute Gasteiger partial charge is 0.309 e. The lowest BCUT2D eigenvalue weighted by atomic mass is 10.2. The summed E-state index contributed by atoms with van der Waals surface area (Å²) in [7, 11) is -3.88. The molecule has 9 heteroatoms. The summed E-state index contributed by atoms with van der Waals surface area (Å²) < 4.78 is 34.2. The Balaban J connectivity index is 1.71. The molecule has 0 aliphatic heterocycles. The molecule has 1 N–H and O–H groups in total. The Kier molecular flexibility index (Phi) is 4.46. The number of hydrogen-bond acceptors (Lipinski definition) is 6. The molecule has 8 nitrogen and oxygen atoms in total. The summed E-state index contributed by atoms with van der Waals surface area (Å²) in [6.45, 7) is 5.16. The molecule has 0 unspecified atom stereocenters. The zero-order chi connectivity index (χ0) is 20.8. The molecule has 0 amide bonds. The van der Waals surface area contributed by atoms with Crippen molar-refractivity contribution < 1.29 is 12.8 Å². The molecular weight excluding hydrogens is 392 g/mol. The van der Waals surface area contributed by atoms with Gasteiger partial charge in [-0.05, 0) is 57.2 Å². The molecule has 0 saturated heterocycles. The molecule has 0 fully saturated rings. The Labute approximate surface area is 166 Å². The molecule has 0 spiro atoms. The van der Waals surface area contributed by atoms with Gasteiger partial charge in [-0.15, -0.1) is 0 Å². The highest BCUT2D eigenvalue weighted by atomic mass is 32.2. The molecule has 2 aromatic carbocycles. The predicted octanol–water partition coefficient (Wildman–Crippen LogP) is 3.10. The van der Waals surface area contributed by atoms with Crippen LogP contribution in [-0.2, 0) is 10.0 Å². The summed E-state index contributed by atoms with van der Waals surface area (Å²) in [5.74, 6) is 1.05. The van der Waals surface area contributed by atoms with Crippen LogP contribution in [0.3, 0.4) is 0 Å². The van der Waals surface area contributed by atoms with Crippen LogP contribution in [0.15, 0.2) is 62.6 Å². The summed E-state index contributed by atoms with van der Waals surface area (Å²) in [5.41, 5.74) is 1.53. The van der Waals surface area contributed by atoms with Gasteiger partial charge in [0, 0.05) is 0 Å². The molecule has 2 heterocycles. The van der Waals surface area contributed by atoms with Crippen molar-refractivity contribution >= 4 is 26.9 Å². The zero-order valence-corrected chi connectivity index (χ0v) is 16.8. The SMILES string of the molecule is Cc1nc(NS(=O)(=O)c2ccc(-n3c(C)nc4ccccc4c3=O)cc2)oc1C. The summed E-state index contributed by atoms with van der Waals surface area (Å²) >= 11 is 0. The number of aromatic nitrogens is 3. The largest absolute Gasteiger partial charge is 0.428 e.